The first-order chi connectivity index (χ1) is 7.16. The van der Waals surface area contributed by atoms with Crippen LogP contribution in [0.15, 0.2) is 24.3 Å². The van der Waals surface area contributed by atoms with Gasteiger partial charge in [-0.05, 0) is 49.5 Å². The van der Waals surface area contributed by atoms with Crippen LogP contribution in [-0.4, -0.2) is 5.78 Å². The third kappa shape index (κ3) is 2.17. The maximum atomic E-state index is 11.4. The number of rotatable bonds is 1. The fourth-order valence-corrected chi connectivity index (χ4v) is 2.09. The first kappa shape index (κ1) is 10.2. The standard InChI is InChI=1S/C14H16O/c1-10-6-7-11(2)14(8-10)12-4-3-5-13(15)9-12/h6-9H,3-5H2,1-2H3. The number of aryl methyl sites for hydroxylation is 2. The molecule has 1 heteroatoms. The van der Waals surface area contributed by atoms with Crippen molar-refractivity contribution in [1.82, 2.24) is 0 Å². The molecule has 0 amide bonds. The van der Waals surface area contributed by atoms with E-state index in [0.29, 0.717) is 6.42 Å². The number of carbonyl (C=O) groups excluding carboxylic acids is 1. The van der Waals surface area contributed by atoms with Crippen molar-refractivity contribution in [2.24, 2.45) is 0 Å². The van der Waals surface area contributed by atoms with Crippen LogP contribution in [0.25, 0.3) is 5.57 Å². The van der Waals surface area contributed by atoms with Gasteiger partial charge in [-0.1, -0.05) is 23.8 Å². The molecule has 0 fully saturated rings. The Balaban J connectivity index is 2.44. The van der Waals surface area contributed by atoms with E-state index in [1.54, 1.807) is 0 Å². The van der Waals surface area contributed by atoms with E-state index >= 15 is 0 Å². The Morgan fingerprint density at radius 2 is 1.93 bits per heavy atom. The average Bonchev–Trinajstić information content (AvgIpc) is 2.22. The van der Waals surface area contributed by atoms with Gasteiger partial charge in [-0.2, -0.15) is 0 Å². The highest BCUT2D eigenvalue weighted by Crippen LogP contribution is 2.28. The molecule has 0 atom stereocenters. The molecule has 15 heavy (non-hydrogen) atoms. The Morgan fingerprint density at radius 3 is 2.67 bits per heavy atom. The van der Waals surface area contributed by atoms with Gasteiger partial charge in [0.15, 0.2) is 5.78 Å². The molecule has 0 unspecified atom stereocenters. The lowest BCUT2D eigenvalue weighted by atomic mass is 9.90. The topological polar surface area (TPSA) is 17.1 Å². The maximum absolute atomic E-state index is 11.4. The molecule has 0 radical (unpaired) electrons. The fraction of sp³-hybridized carbons (Fsp3) is 0.357. The van der Waals surface area contributed by atoms with Gasteiger partial charge in [0.1, 0.15) is 0 Å². The van der Waals surface area contributed by atoms with Crippen molar-refractivity contribution < 1.29 is 4.79 Å². The molecule has 0 saturated heterocycles. The molecular weight excluding hydrogens is 184 g/mol. The Bertz CT molecular complexity index is 427. The van der Waals surface area contributed by atoms with Crippen LogP contribution in [0.1, 0.15) is 36.0 Å². The summed E-state index contributed by atoms with van der Waals surface area (Å²) in [5.74, 6) is 0.275. The second-order valence-electron chi connectivity index (χ2n) is 4.31. The van der Waals surface area contributed by atoms with E-state index in [2.05, 4.69) is 32.0 Å². The summed E-state index contributed by atoms with van der Waals surface area (Å²) in [5.41, 5.74) is 4.99. The van der Waals surface area contributed by atoms with Crippen LogP contribution in [0.2, 0.25) is 0 Å². The lowest BCUT2D eigenvalue weighted by Gasteiger charge is -2.15. The number of carbonyl (C=O) groups is 1. The molecule has 0 spiro atoms. The van der Waals surface area contributed by atoms with E-state index < -0.39 is 0 Å². The molecule has 1 aromatic carbocycles. The second kappa shape index (κ2) is 4.01. The van der Waals surface area contributed by atoms with E-state index in [9.17, 15) is 4.79 Å². The van der Waals surface area contributed by atoms with Gasteiger partial charge >= 0.3 is 0 Å². The first-order valence-corrected chi connectivity index (χ1v) is 5.48. The molecule has 78 valence electrons. The molecule has 1 nitrogen and oxygen atoms in total. The number of ketones is 1. The lowest BCUT2D eigenvalue weighted by Crippen LogP contribution is -2.03. The highest BCUT2D eigenvalue weighted by Gasteiger charge is 2.12. The van der Waals surface area contributed by atoms with E-state index in [1.165, 1.54) is 22.3 Å². The predicted octanol–water partition coefficient (Wildman–Crippen LogP) is 3.44. The van der Waals surface area contributed by atoms with Crippen LogP contribution < -0.4 is 0 Å². The van der Waals surface area contributed by atoms with Crippen LogP contribution in [0.4, 0.5) is 0 Å². The summed E-state index contributed by atoms with van der Waals surface area (Å²) in [6, 6.07) is 6.42. The third-order valence-corrected chi connectivity index (χ3v) is 2.94. The van der Waals surface area contributed by atoms with E-state index in [0.717, 1.165) is 12.8 Å². The van der Waals surface area contributed by atoms with E-state index in [1.807, 2.05) is 6.08 Å². The molecule has 2 rings (SSSR count). The highest BCUT2D eigenvalue weighted by molar-refractivity contribution is 5.98. The van der Waals surface area contributed by atoms with Crippen LogP contribution in [0.3, 0.4) is 0 Å². The largest absolute Gasteiger partial charge is 0.295 e. The molecule has 0 aliphatic heterocycles. The zero-order valence-corrected chi connectivity index (χ0v) is 9.34. The number of allylic oxidation sites excluding steroid dienone is 2. The minimum absolute atomic E-state index is 0.275. The molecule has 1 aliphatic carbocycles. The molecule has 0 bridgehead atoms. The Kier molecular flexibility index (Phi) is 2.72. The monoisotopic (exact) mass is 200 g/mol. The normalized spacial score (nSPS) is 16.4. The van der Waals surface area contributed by atoms with Crippen LogP contribution >= 0.6 is 0 Å². The number of hydrogen-bond donors (Lipinski definition) is 0. The van der Waals surface area contributed by atoms with Gasteiger partial charge in [-0.3, -0.25) is 4.79 Å². The van der Waals surface area contributed by atoms with Crippen molar-refractivity contribution in [3.05, 3.63) is 41.0 Å². The van der Waals surface area contributed by atoms with Crippen molar-refractivity contribution in [2.75, 3.05) is 0 Å². The van der Waals surface area contributed by atoms with Crippen molar-refractivity contribution in [1.29, 1.82) is 0 Å². The van der Waals surface area contributed by atoms with Crippen molar-refractivity contribution in [3.8, 4) is 0 Å². The smallest absolute Gasteiger partial charge is 0.155 e. The zero-order valence-electron chi connectivity index (χ0n) is 9.34. The fourth-order valence-electron chi connectivity index (χ4n) is 2.09. The third-order valence-electron chi connectivity index (χ3n) is 2.94. The minimum Gasteiger partial charge on any atom is -0.295 e. The number of hydrogen-bond acceptors (Lipinski definition) is 1. The summed E-state index contributed by atoms with van der Waals surface area (Å²) in [5, 5.41) is 0. The molecule has 1 aliphatic rings. The van der Waals surface area contributed by atoms with Gasteiger partial charge in [0, 0.05) is 6.42 Å². The summed E-state index contributed by atoms with van der Waals surface area (Å²) >= 11 is 0. The summed E-state index contributed by atoms with van der Waals surface area (Å²) in [7, 11) is 0. The second-order valence-corrected chi connectivity index (χ2v) is 4.31. The van der Waals surface area contributed by atoms with E-state index in [-0.39, 0.29) is 5.78 Å². The molecule has 1 aromatic rings. The van der Waals surface area contributed by atoms with Gasteiger partial charge < -0.3 is 0 Å². The summed E-state index contributed by atoms with van der Waals surface area (Å²) < 4.78 is 0. The van der Waals surface area contributed by atoms with Crippen molar-refractivity contribution in [3.63, 3.8) is 0 Å². The SMILES string of the molecule is Cc1ccc(C)c(C2=CC(=O)CCC2)c1. The van der Waals surface area contributed by atoms with Gasteiger partial charge in [-0.25, -0.2) is 0 Å². The maximum Gasteiger partial charge on any atom is 0.155 e. The summed E-state index contributed by atoms with van der Waals surface area (Å²) in [6.45, 7) is 4.20. The molecular formula is C14H16O. The van der Waals surface area contributed by atoms with Gasteiger partial charge in [0.2, 0.25) is 0 Å². The van der Waals surface area contributed by atoms with Crippen LogP contribution in [-0.2, 0) is 4.79 Å². The lowest BCUT2D eigenvalue weighted by molar-refractivity contribution is -0.114. The quantitative estimate of drug-likeness (QED) is 0.678. The van der Waals surface area contributed by atoms with E-state index in [4.69, 9.17) is 0 Å². The minimum atomic E-state index is 0.275. The molecule has 0 N–H and O–H groups in total. The molecule has 0 saturated carbocycles. The molecule has 0 heterocycles. The Morgan fingerprint density at radius 1 is 1.13 bits per heavy atom. The van der Waals surface area contributed by atoms with Gasteiger partial charge in [-0.15, -0.1) is 0 Å². The average molecular weight is 200 g/mol. The summed E-state index contributed by atoms with van der Waals surface area (Å²) in [4.78, 5) is 11.4. The highest BCUT2D eigenvalue weighted by atomic mass is 16.1. The van der Waals surface area contributed by atoms with Gasteiger partial charge in [0.05, 0.1) is 0 Å². The Hall–Kier alpha value is -1.37. The summed E-state index contributed by atoms with van der Waals surface area (Å²) in [6.07, 6.45) is 4.58. The number of benzene rings is 1. The van der Waals surface area contributed by atoms with Crippen molar-refractivity contribution in [2.45, 2.75) is 33.1 Å². The zero-order chi connectivity index (χ0) is 10.8. The predicted molar refractivity (Wildman–Crippen MR) is 62.8 cm³/mol. The van der Waals surface area contributed by atoms with Crippen molar-refractivity contribution >= 4 is 11.4 Å². The van der Waals surface area contributed by atoms with Crippen LogP contribution in [0, 0.1) is 13.8 Å². The first-order valence-electron chi connectivity index (χ1n) is 5.48. The van der Waals surface area contributed by atoms with Crippen LogP contribution in [0.5, 0.6) is 0 Å². The Labute approximate surface area is 90.8 Å². The molecule has 0 aromatic heterocycles. The van der Waals surface area contributed by atoms with Gasteiger partial charge in [0.25, 0.3) is 0 Å².